The van der Waals surface area contributed by atoms with Gasteiger partial charge in [-0.25, -0.2) is 0 Å². The van der Waals surface area contributed by atoms with Gasteiger partial charge in [-0.3, -0.25) is 9.59 Å². The summed E-state index contributed by atoms with van der Waals surface area (Å²) in [6.45, 7) is 5.47. The van der Waals surface area contributed by atoms with Crippen molar-refractivity contribution in [3.05, 3.63) is 30.3 Å². The largest absolute Gasteiger partial charge is 0.368 e. The zero-order chi connectivity index (χ0) is 14.9. The van der Waals surface area contributed by atoms with Crippen LogP contribution >= 0.6 is 0 Å². The van der Waals surface area contributed by atoms with Gasteiger partial charge in [0, 0.05) is 44.8 Å². The van der Waals surface area contributed by atoms with E-state index >= 15 is 0 Å². The highest BCUT2D eigenvalue weighted by molar-refractivity contribution is 5.92. The molecule has 21 heavy (non-hydrogen) atoms. The second-order valence-electron chi connectivity index (χ2n) is 6.13. The lowest BCUT2D eigenvalue weighted by molar-refractivity contribution is -0.141. The van der Waals surface area contributed by atoms with Crippen LogP contribution in [0.2, 0.25) is 0 Å². The Balaban J connectivity index is 1.61. The molecule has 112 valence electrons. The van der Waals surface area contributed by atoms with Gasteiger partial charge in [0.2, 0.25) is 11.8 Å². The number of rotatable bonds is 2. The summed E-state index contributed by atoms with van der Waals surface area (Å²) in [5.41, 5.74) is 0.639. The van der Waals surface area contributed by atoms with Gasteiger partial charge in [0.15, 0.2) is 0 Å². The van der Waals surface area contributed by atoms with E-state index in [1.54, 1.807) is 0 Å². The van der Waals surface area contributed by atoms with Crippen LogP contribution < -0.4 is 10.2 Å². The molecule has 0 radical (unpaired) electrons. The van der Waals surface area contributed by atoms with Crippen LogP contribution in [0.15, 0.2) is 30.3 Å². The van der Waals surface area contributed by atoms with Crippen LogP contribution in [0.4, 0.5) is 5.69 Å². The Labute approximate surface area is 124 Å². The van der Waals surface area contributed by atoms with E-state index < -0.39 is 5.41 Å². The fourth-order valence-electron chi connectivity index (χ4n) is 3.11. The molecule has 2 fully saturated rings. The predicted octanol–water partition coefficient (Wildman–Crippen LogP) is 0.861. The lowest BCUT2D eigenvalue weighted by Gasteiger charge is -2.39. The number of benzene rings is 1. The van der Waals surface area contributed by atoms with Crippen molar-refractivity contribution >= 4 is 17.5 Å². The number of carbonyl (C=O) groups excluding carboxylic acids is 2. The first kappa shape index (κ1) is 13.9. The molecule has 1 aromatic rings. The van der Waals surface area contributed by atoms with Gasteiger partial charge in [-0.05, 0) is 19.1 Å². The highest BCUT2D eigenvalue weighted by Crippen LogP contribution is 2.28. The van der Waals surface area contributed by atoms with Crippen molar-refractivity contribution in [2.24, 2.45) is 5.41 Å². The fourth-order valence-corrected chi connectivity index (χ4v) is 3.11. The molecule has 0 bridgehead atoms. The molecule has 1 unspecified atom stereocenters. The van der Waals surface area contributed by atoms with Crippen molar-refractivity contribution in [1.82, 2.24) is 10.2 Å². The Bertz CT molecular complexity index is 538. The first-order chi connectivity index (χ1) is 10.1. The number of amides is 2. The normalized spacial score (nSPS) is 25.9. The van der Waals surface area contributed by atoms with Crippen LogP contribution in [0.1, 0.15) is 13.3 Å². The topological polar surface area (TPSA) is 52.7 Å². The summed E-state index contributed by atoms with van der Waals surface area (Å²) in [4.78, 5) is 28.2. The first-order valence-electron chi connectivity index (χ1n) is 7.45. The summed E-state index contributed by atoms with van der Waals surface area (Å²) in [6.07, 6.45) is 0.310. The molecule has 2 saturated heterocycles. The number of para-hydroxylation sites is 1. The lowest BCUT2D eigenvalue weighted by Crippen LogP contribution is -2.53. The third-order valence-electron chi connectivity index (χ3n) is 4.43. The van der Waals surface area contributed by atoms with Crippen LogP contribution in [-0.4, -0.2) is 49.4 Å². The molecule has 3 rings (SSSR count). The van der Waals surface area contributed by atoms with Crippen molar-refractivity contribution < 1.29 is 9.59 Å². The number of nitrogens with zero attached hydrogens (tertiary/aromatic N) is 2. The monoisotopic (exact) mass is 287 g/mol. The minimum atomic E-state index is -0.563. The van der Waals surface area contributed by atoms with Gasteiger partial charge < -0.3 is 15.1 Å². The molecule has 1 atom stereocenters. The molecule has 2 aliphatic heterocycles. The quantitative estimate of drug-likeness (QED) is 0.878. The summed E-state index contributed by atoms with van der Waals surface area (Å²) < 4.78 is 0. The van der Waals surface area contributed by atoms with Crippen molar-refractivity contribution in [3.63, 3.8) is 0 Å². The van der Waals surface area contributed by atoms with Gasteiger partial charge in [0.1, 0.15) is 0 Å². The number of piperazine rings is 1. The van der Waals surface area contributed by atoms with Gasteiger partial charge in [0.25, 0.3) is 0 Å². The summed E-state index contributed by atoms with van der Waals surface area (Å²) in [6, 6.07) is 10.3. The molecule has 2 heterocycles. The third-order valence-corrected chi connectivity index (χ3v) is 4.43. The van der Waals surface area contributed by atoms with E-state index in [4.69, 9.17) is 0 Å². The van der Waals surface area contributed by atoms with Gasteiger partial charge in [-0.15, -0.1) is 0 Å². The number of nitrogens with one attached hydrogen (secondary N) is 1. The maximum Gasteiger partial charge on any atom is 0.230 e. The lowest BCUT2D eigenvalue weighted by atomic mass is 9.87. The van der Waals surface area contributed by atoms with Crippen molar-refractivity contribution in [1.29, 1.82) is 0 Å². The zero-order valence-corrected chi connectivity index (χ0v) is 12.3. The smallest absolute Gasteiger partial charge is 0.230 e. The predicted molar refractivity (Wildman–Crippen MR) is 81.0 cm³/mol. The van der Waals surface area contributed by atoms with Crippen molar-refractivity contribution in [2.45, 2.75) is 13.3 Å². The molecule has 0 saturated carbocycles. The number of carbonyl (C=O) groups is 2. The molecule has 0 spiro atoms. The van der Waals surface area contributed by atoms with E-state index in [0.29, 0.717) is 13.0 Å². The molecule has 5 nitrogen and oxygen atoms in total. The van der Waals surface area contributed by atoms with E-state index in [0.717, 1.165) is 26.2 Å². The maximum absolute atomic E-state index is 12.6. The minimum absolute atomic E-state index is 0.0197. The van der Waals surface area contributed by atoms with Crippen molar-refractivity contribution in [2.75, 3.05) is 37.6 Å². The second kappa shape index (κ2) is 5.39. The Morgan fingerprint density at radius 2 is 1.81 bits per heavy atom. The SMILES string of the molecule is CC1(C(=O)N2CCN(c3ccccc3)CC2)CNC(=O)C1. The van der Waals surface area contributed by atoms with E-state index in [2.05, 4.69) is 22.3 Å². The summed E-state index contributed by atoms with van der Waals surface area (Å²) in [5.74, 6) is 0.0855. The zero-order valence-electron chi connectivity index (χ0n) is 12.3. The van der Waals surface area contributed by atoms with E-state index in [1.165, 1.54) is 5.69 Å². The average Bonchev–Trinajstić information content (AvgIpc) is 2.88. The molecule has 0 aromatic heterocycles. The van der Waals surface area contributed by atoms with E-state index in [1.807, 2.05) is 30.0 Å². The van der Waals surface area contributed by atoms with Gasteiger partial charge in [0.05, 0.1) is 5.41 Å². The van der Waals surface area contributed by atoms with E-state index in [-0.39, 0.29) is 11.8 Å². The summed E-state index contributed by atoms with van der Waals surface area (Å²) in [5, 5.41) is 2.77. The standard InChI is InChI=1S/C16H21N3O2/c1-16(11-14(20)17-12-16)15(21)19-9-7-18(8-10-19)13-5-3-2-4-6-13/h2-6H,7-12H2,1H3,(H,17,20). The Morgan fingerprint density at radius 1 is 1.14 bits per heavy atom. The van der Waals surface area contributed by atoms with Crippen LogP contribution in [-0.2, 0) is 9.59 Å². The third kappa shape index (κ3) is 2.73. The molecule has 0 aliphatic carbocycles. The molecule has 2 amide bonds. The van der Waals surface area contributed by atoms with Gasteiger partial charge in [-0.1, -0.05) is 18.2 Å². The molecule has 1 N–H and O–H groups in total. The molecule has 2 aliphatic rings. The molecule has 5 heteroatoms. The Kier molecular flexibility index (Phi) is 3.57. The van der Waals surface area contributed by atoms with Crippen LogP contribution in [0.5, 0.6) is 0 Å². The summed E-state index contributed by atoms with van der Waals surface area (Å²) in [7, 11) is 0. The molecule has 1 aromatic carbocycles. The second-order valence-corrected chi connectivity index (χ2v) is 6.13. The highest BCUT2D eigenvalue weighted by Gasteiger charge is 2.43. The fraction of sp³-hybridized carbons (Fsp3) is 0.500. The van der Waals surface area contributed by atoms with Crippen LogP contribution in [0, 0.1) is 5.41 Å². The maximum atomic E-state index is 12.6. The highest BCUT2D eigenvalue weighted by atomic mass is 16.2. The van der Waals surface area contributed by atoms with E-state index in [9.17, 15) is 9.59 Å². The molecular weight excluding hydrogens is 266 g/mol. The van der Waals surface area contributed by atoms with Gasteiger partial charge in [-0.2, -0.15) is 0 Å². The minimum Gasteiger partial charge on any atom is -0.368 e. The van der Waals surface area contributed by atoms with Crippen molar-refractivity contribution in [3.8, 4) is 0 Å². The van der Waals surface area contributed by atoms with Gasteiger partial charge >= 0.3 is 0 Å². The van der Waals surface area contributed by atoms with Crippen LogP contribution in [0.3, 0.4) is 0 Å². The van der Waals surface area contributed by atoms with Crippen LogP contribution in [0.25, 0.3) is 0 Å². The number of anilines is 1. The summed E-state index contributed by atoms with van der Waals surface area (Å²) >= 11 is 0. The number of hydrogen-bond donors (Lipinski definition) is 1. The molecular formula is C16H21N3O2. The average molecular weight is 287 g/mol. The number of hydrogen-bond acceptors (Lipinski definition) is 3. The Hall–Kier alpha value is -2.04. The Morgan fingerprint density at radius 3 is 2.38 bits per heavy atom. The first-order valence-corrected chi connectivity index (χ1v) is 7.45.